The number of hydrogen-bond acceptors (Lipinski definition) is 10. The van der Waals surface area contributed by atoms with Crippen LogP contribution in [0.4, 0.5) is 23.0 Å². The van der Waals surface area contributed by atoms with Crippen molar-refractivity contribution in [2.24, 2.45) is 0 Å². The molecule has 0 unspecified atom stereocenters. The summed E-state index contributed by atoms with van der Waals surface area (Å²) >= 11 is 0. The highest BCUT2D eigenvalue weighted by Gasteiger charge is 2.25. The highest BCUT2D eigenvalue weighted by atomic mass is 32.2. The fourth-order valence-corrected chi connectivity index (χ4v) is 4.44. The van der Waals surface area contributed by atoms with E-state index >= 15 is 0 Å². The van der Waals surface area contributed by atoms with E-state index in [4.69, 9.17) is 0 Å². The van der Waals surface area contributed by atoms with Gasteiger partial charge in [0.25, 0.3) is 5.91 Å². The lowest BCUT2D eigenvalue weighted by molar-refractivity contribution is -0.383. The quantitative estimate of drug-likeness (QED) is 0.285. The van der Waals surface area contributed by atoms with Crippen LogP contribution < -0.4 is 16.2 Å². The van der Waals surface area contributed by atoms with E-state index in [9.17, 15) is 23.3 Å². The van der Waals surface area contributed by atoms with Gasteiger partial charge in [0.2, 0.25) is 21.7 Å². The van der Waals surface area contributed by atoms with Crippen LogP contribution in [0, 0.1) is 10.1 Å². The minimum absolute atomic E-state index is 0.0973. The molecule has 0 aliphatic heterocycles. The summed E-state index contributed by atoms with van der Waals surface area (Å²) in [5.74, 6) is -0.944. The van der Waals surface area contributed by atoms with Gasteiger partial charge in [-0.2, -0.15) is 4.31 Å². The molecule has 0 atom stereocenters. The summed E-state index contributed by atoms with van der Waals surface area (Å²) in [6.45, 7) is 4.16. The number of hydrogen-bond donors (Lipinski definition) is 3. The number of pyridine rings is 1. The Balaban J connectivity index is 1.81. The third-order valence-electron chi connectivity index (χ3n) is 4.70. The monoisotopic (exact) mass is 486 g/mol. The minimum atomic E-state index is -3.64. The van der Waals surface area contributed by atoms with Gasteiger partial charge in [0.1, 0.15) is 6.33 Å². The molecule has 34 heavy (non-hydrogen) atoms. The second kappa shape index (κ2) is 10.6. The molecule has 0 radical (unpaired) electrons. The third kappa shape index (κ3) is 5.41. The lowest BCUT2D eigenvalue weighted by Crippen LogP contribution is -2.30. The highest BCUT2D eigenvalue weighted by molar-refractivity contribution is 7.89. The van der Waals surface area contributed by atoms with E-state index in [1.54, 1.807) is 13.8 Å². The van der Waals surface area contributed by atoms with Crippen LogP contribution >= 0.6 is 0 Å². The zero-order chi connectivity index (χ0) is 24.7. The van der Waals surface area contributed by atoms with E-state index in [-0.39, 0.29) is 22.1 Å². The molecular formula is C20H22N8O5S. The molecule has 1 amide bonds. The smallest absolute Gasteiger partial charge is 0.334 e. The molecule has 0 aliphatic carbocycles. The van der Waals surface area contributed by atoms with Crippen LogP contribution in [0.25, 0.3) is 0 Å². The van der Waals surface area contributed by atoms with Crippen LogP contribution in [0.3, 0.4) is 0 Å². The Labute approximate surface area is 195 Å². The second-order valence-corrected chi connectivity index (χ2v) is 8.67. The Kier molecular flexibility index (Phi) is 7.65. The van der Waals surface area contributed by atoms with Gasteiger partial charge in [0, 0.05) is 36.7 Å². The number of nitro groups is 1. The van der Waals surface area contributed by atoms with Crippen LogP contribution in [-0.4, -0.2) is 51.6 Å². The lowest BCUT2D eigenvalue weighted by atomic mass is 10.3. The maximum absolute atomic E-state index is 12.6. The third-order valence-corrected chi connectivity index (χ3v) is 6.77. The largest absolute Gasteiger partial charge is 0.355 e. The van der Waals surface area contributed by atoms with Crippen LogP contribution in [0.5, 0.6) is 0 Å². The fourth-order valence-electron chi connectivity index (χ4n) is 2.99. The predicted octanol–water partition coefficient (Wildman–Crippen LogP) is 2.31. The average Bonchev–Trinajstić information content (AvgIpc) is 2.84. The number of nitrogens with zero attached hydrogens (tertiary/aromatic N) is 5. The summed E-state index contributed by atoms with van der Waals surface area (Å²) in [6.07, 6.45) is 3.95. The van der Waals surface area contributed by atoms with Crippen LogP contribution in [0.1, 0.15) is 24.2 Å². The first-order valence-electron chi connectivity index (χ1n) is 10.1. The molecule has 13 nitrogen and oxygen atoms in total. The Hall–Kier alpha value is -4.17. The molecule has 0 saturated carbocycles. The lowest BCUT2D eigenvalue weighted by Gasteiger charge is -2.18. The molecule has 0 bridgehead atoms. The van der Waals surface area contributed by atoms with Crippen molar-refractivity contribution in [3.05, 3.63) is 70.8 Å². The van der Waals surface area contributed by atoms with Gasteiger partial charge in [-0.1, -0.05) is 13.8 Å². The summed E-state index contributed by atoms with van der Waals surface area (Å²) in [5.41, 5.74) is 4.91. The molecular weight excluding hydrogens is 464 g/mol. The van der Waals surface area contributed by atoms with Gasteiger partial charge in [-0.3, -0.25) is 30.7 Å². The number of hydrazine groups is 1. The molecule has 2 aromatic heterocycles. The number of carbonyl (C=O) groups is 1. The number of aromatic nitrogens is 3. The summed E-state index contributed by atoms with van der Waals surface area (Å²) < 4.78 is 26.6. The molecule has 3 aromatic rings. The Bertz CT molecular complexity index is 1270. The zero-order valence-corrected chi connectivity index (χ0v) is 19.1. The molecule has 0 fully saturated rings. The van der Waals surface area contributed by atoms with E-state index in [0.29, 0.717) is 18.8 Å². The first-order chi connectivity index (χ1) is 16.3. The maximum atomic E-state index is 12.6. The van der Waals surface area contributed by atoms with Gasteiger partial charge >= 0.3 is 5.69 Å². The number of rotatable bonds is 10. The van der Waals surface area contributed by atoms with E-state index in [2.05, 4.69) is 31.1 Å². The molecule has 0 saturated heterocycles. The van der Waals surface area contributed by atoms with Crippen molar-refractivity contribution in [3.8, 4) is 0 Å². The normalized spacial score (nSPS) is 11.1. The molecule has 3 rings (SSSR count). The van der Waals surface area contributed by atoms with E-state index in [0.717, 1.165) is 6.33 Å². The van der Waals surface area contributed by atoms with Crippen molar-refractivity contribution in [1.82, 2.24) is 24.7 Å². The molecule has 14 heteroatoms. The average molecular weight is 487 g/mol. The summed E-state index contributed by atoms with van der Waals surface area (Å²) in [4.78, 5) is 34.9. The van der Waals surface area contributed by atoms with Crippen molar-refractivity contribution in [2.45, 2.75) is 18.7 Å². The van der Waals surface area contributed by atoms with Crippen LogP contribution in [0.15, 0.2) is 60.0 Å². The molecule has 0 spiro atoms. The number of sulfonamides is 1. The zero-order valence-electron chi connectivity index (χ0n) is 18.3. The second-order valence-electron chi connectivity index (χ2n) is 6.73. The van der Waals surface area contributed by atoms with Gasteiger partial charge < -0.3 is 5.32 Å². The molecule has 1 aromatic carbocycles. The van der Waals surface area contributed by atoms with Crippen molar-refractivity contribution in [1.29, 1.82) is 0 Å². The SMILES string of the molecule is CCN(CC)S(=O)(=O)c1ccc(Nc2ncnc(NNC(=O)c3ccncc3)c2[N+](=O)[O-])cc1. The van der Waals surface area contributed by atoms with Crippen molar-refractivity contribution in [3.63, 3.8) is 0 Å². The van der Waals surface area contributed by atoms with Gasteiger partial charge in [-0.25, -0.2) is 18.4 Å². The number of carbonyl (C=O) groups excluding carboxylic acids is 1. The van der Waals surface area contributed by atoms with Gasteiger partial charge in [0.05, 0.1) is 9.82 Å². The van der Waals surface area contributed by atoms with Crippen molar-refractivity contribution >= 4 is 38.9 Å². The number of anilines is 3. The number of nitrogens with one attached hydrogen (secondary N) is 3. The van der Waals surface area contributed by atoms with E-state index < -0.39 is 26.5 Å². The summed E-state index contributed by atoms with van der Waals surface area (Å²) in [6, 6.07) is 8.69. The van der Waals surface area contributed by atoms with Gasteiger partial charge in [0.15, 0.2) is 0 Å². The highest BCUT2D eigenvalue weighted by Crippen LogP contribution is 2.31. The number of amides is 1. The molecule has 178 valence electrons. The van der Waals surface area contributed by atoms with Gasteiger partial charge in [-0.05, 0) is 36.4 Å². The molecule has 3 N–H and O–H groups in total. The topological polar surface area (TPSA) is 172 Å². The molecule has 0 aliphatic rings. The maximum Gasteiger partial charge on any atom is 0.355 e. The first kappa shape index (κ1) is 24.5. The minimum Gasteiger partial charge on any atom is -0.334 e. The standard InChI is InChI=1S/C20H22N8O5S/c1-3-27(4-2)34(32,33)16-7-5-15(6-8-16)24-18-17(28(30)31)19(23-13-22-18)25-26-20(29)14-9-11-21-12-10-14/h5-13H,3-4H2,1-2H3,(H,26,29)(H2,22,23,24,25). The fraction of sp³-hybridized carbons (Fsp3) is 0.200. The summed E-state index contributed by atoms with van der Waals surface area (Å²) in [7, 11) is -3.64. The van der Waals surface area contributed by atoms with Gasteiger partial charge in [-0.15, -0.1) is 0 Å². The number of benzene rings is 1. The van der Waals surface area contributed by atoms with E-state index in [1.807, 2.05) is 0 Å². The molecule has 2 heterocycles. The predicted molar refractivity (Wildman–Crippen MR) is 124 cm³/mol. The van der Waals surface area contributed by atoms with Crippen molar-refractivity contribution < 1.29 is 18.1 Å². The summed E-state index contributed by atoms with van der Waals surface area (Å²) in [5, 5.41) is 14.5. The van der Waals surface area contributed by atoms with E-state index in [1.165, 1.54) is 53.1 Å². The van der Waals surface area contributed by atoms with Crippen LogP contribution in [0.2, 0.25) is 0 Å². The van der Waals surface area contributed by atoms with Crippen molar-refractivity contribution in [2.75, 3.05) is 23.8 Å². The first-order valence-corrected chi connectivity index (χ1v) is 11.5. The Morgan fingerprint density at radius 2 is 1.65 bits per heavy atom. The Morgan fingerprint density at radius 3 is 2.24 bits per heavy atom. The Morgan fingerprint density at radius 1 is 1.03 bits per heavy atom. The van der Waals surface area contributed by atoms with Crippen LogP contribution in [-0.2, 0) is 10.0 Å².